The standard InChI is InChI=1S/C27H33NO5/c1-3-32-27-22(12-7-14-29)24(17-25(33-27)26(30)28-13-15-31-2)21-11-6-10-20-19-9-5-4-8-18(19)16-23(20)21/h4-6,8-11,17,22,24,27,29H,3,7,12-16H2,1-2H3,(H,28,30)/t22-,24+,27+/m1/s1. The highest BCUT2D eigenvalue weighted by molar-refractivity contribution is 5.91. The van der Waals surface area contributed by atoms with Gasteiger partial charge in [-0.15, -0.1) is 0 Å². The highest BCUT2D eigenvalue weighted by Crippen LogP contribution is 2.45. The van der Waals surface area contributed by atoms with Crippen LogP contribution in [-0.2, 0) is 25.4 Å². The van der Waals surface area contributed by atoms with E-state index in [1.807, 2.05) is 13.0 Å². The van der Waals surface area contributed by atoms with Crippen molar-refractivity contribution in [3.63, 3.8) is 0 Å². The molecule has 33 heavy (non-hydrogen) atoms. The fourth-order valence-corrected chi connectivity index (χ4v) is 4.97. The zero-order chi connectivity index (χ0) is 23.2. The maximum atomic E-state index is 12.9. The maximum absolute atomic E-state index is 12.9. The summed E-state index contributed by atoms with van der Waals surface area (Å²) in [6.07, 6.45) is 3.63. The second kappa shape index (κ2) is 11.0. The van der Waals surface area contributed by atoms with E-state index in [1.165, 1.54) is 27.8 Å². The molecule has 0 saturated heterocycles. The molecule has 6 nitrogen and oxygen atoms in total. The topological polar surface area (TPSA) is 77.0 Å². The van der Waals surface area contributed by atoms with E-state index in [4.69, 9.17) is 14.2 Å². The Morgan fingerprint density at radius 2 is 2.00 bits per heavy atom. The fourth-order valence-electron chi connectivity index (χ4n) is 4.97. The van der Waals surface area contributed by atoms with Crippen LogP contribution in [0.15, 0.2) is 54.3 Å². The third-order valence-corrected chi connectivity index (χ3v) is 6.47. The third-order valence-electron chi connectivity index (χ3n) is 6.47. The molecular formula is C27H33NO5. The van der Waals surface area contributed by atoms with Crippen molar-refractivity contribution in [2.75, 3.05) is 33.5 Å². The predicted octanol–water partition coefficient (Wildman–Crippen LogP) is 3.77. The molecule has 2 aromatic rings. The largest absolute Gasteiger partial charge is 0.459 e. The molecule has 0 spiro atoms. The molecule has 1 aliphatic carbocycles. The van der Waals surface area contributed by atoms with E-state index in [9.17, 15) is 9.90 Å². The van der Waals surface area contributed by atoms with E-state index >= 15 is 0 Å². The second-order valence-corrected chi connectivity index (χ2v) is 8.48. The van der Waals surface area contributed by atoms with E-state index in [-0.39, 0.29) is 30.1 Å². The number of rotatable bonds is 10. The van der Waals surface area contributed by atoms with Crippen molar-refractivity contribution in [3.05, 3.63) is 71.0 Å². The lowest BCUT2D eigenvalue weighted by atomic mass is 9.78. The summed E-state index contributed by atoms with van der Waals surface area (Å²) in [6, 6.07) is 14.9. The lowest BCUT2D eigenvalue weighted by Crippen LogP contribution is -2.39. The minimum atomic E-state index is -0.556. The number of carbonyl (C=O) groups is 1. The summed E-state index contributed by atoms with van der Waals surface area (Å²) in [6.45, 7) is 3.35. The number of aliphatic hydroxyl groups excluding tert-OH is 1. The summed E-state index contributed by atoms with van der Waals surface area (Å²) < 4.78 is 17.1. The fraction of sp³-hybridized carbons (Fsp3) is 0.444. The van der Waals surface area contributed by atoms with Gasteiger partial charge in [0.05, 0.1) is 6.61 Å². The first kappa shape index (κ1) is 23.5. The summed E-state index contributed by atoms with van der Waals surface area (Å²) in [5, 5.41) is 12.4. The first-order chi connectivity index (χ1) is 16.2. The lowest BCUT2D eigenvalue weighted by Gasteiger charge is -2.37. The van der Waals surface area contributed by atoms with E-state index in [2.05, 4.69) is 47.8 Å². The molecule has 1 amide bonds. The molecule has 0 bridgehead atoms. The van der Waals surface area contributed by atoms with Gasteiger partial charge < -0.3 is 24.6 Å². The number of fused-ring (bicyclic) bond motifs is 3. The van der Waals surface area contributed by atoms with Gasteiger partial charge >= 0.3 is 0 Å². The molecule has 0 aromatic heterocycles. The number of amides is 1. The van der Waals surface area contributed by atoms with Crippen molar-refractivity contribution in [2.24, 2.45) is 5.92 Å². The van der Waals surface area contributed by atoms with Crippen LogP contribution in [0, 0.1) is 5.92 Å². The molecule has 1 heterocycles. The molecule has 4 rings (SSSR count). The molecule has 0 saturated carbocycles. The SMILES string of the molecule is CCO[C@H]1OC(C(=O)NCCOC)=C[C@@H](c2cccc3c2Cc2ccccc2-3)[C@H]1CCCO. The van der Waals surface area contributed by atoms with Crippen LogP contribution < -0.4 is 5.32 Å². The monoisotopic (exact) mass is 451 g/mol. The van der Waals surface area contributed by atoms with Crippen molar-refractivity contribution in [3.8, 4) is 11.1 Å². The molecule has 0 unspecified atom stereocenters. The Hall–Kier alpha value is -2.67. The Kier molecular flexibility index (Phi) is 7.81. The average Bonchev–Trinajstić information content (AvgIpc) is 3.22. The molecule has 6 heteroatoms. The van der Waals surface area contributed by atoms with Gasteiger partial charge in [-0.05, 0) is 60.1 Å². The van der Waals surface area contributed by atoms with Crippen molar-refractivity contribution in [2.45, 2.75) is 38.4 Å². The van der Waals surface area contributed by atoms with Gasteiger partial charge in [-0.2, -0.15) is 0 Å². The molecular weight excluding hydrogens is 418 g/mol. The Bertz CT molecular complexity index is 1000. The first-order valence-electron chi connectivity index (χ1n) is 11.8. The van der Waals surface area contributed by atoms with Crippen LogP contribution >= 0.6 is 0 Å². The molecule has 3 atom stereocenters. The van der Waals surface area contributed by atoms with Gasteiger partial charge in [0.1, 0.15) is 0 Å². The predicted molar refractivity (Wildman–Crippen MR) is 127 cm³/mol. The van der Waals surface area contributed by atoms with Crippen molar-refractivity contribution in [1.82, 2.24) is 5.32 Å². The highest BCUT2D eigenvalue weighted by Gasteiger charge is 2.39. The third kappa shape index (κ3) is 4.98. The van der Waals surface area contributed by atoms with Crippen LogP contribution in [0.4, 0.5) is 0 Å². The number of carbonyl (C=O) groups excluding carboxylic acids is 1. The summed E-state index contributed by atoms with van der Waals surface area (Å²) >= 11 is 0. The van der Waals surface area contributed by atoms with Gasteiger partial charge in [0.15, 0.2) is 5.76 Å². The number of hydrogen-bond donors (Lipinski definition) is 2. The highest BCUT2D eigenvalue weighted by atomic mass is 16.7. The molecule has 0 fully saturated rings. The van der Waals surface area contributed by atoms with Crippen LogP contribution in [0.25, 0.3) is 11.1 Å². The van der Waals surface area contributed by atoms with Crippen molar-refractivity contribution >= 4 is 5.91 Å². The van der Waals surface area contributed by atoms with Gasteiger partial charge in [0, 0.05) is 38.7 Å². The van der Waals surface area contributed by atoms with E-state index in [0.717, 1.165) is 12.8 Å². The zero-order valence-electron chi connectivity index (χ0n) is 19.4. The van der Waals surface area contributed by atoms with E-state index < -0.39 is 6.29 Å². The molecule has 176 valence electrons. The Morgan fingerprint density at radius 1 is 1.18 bits per heavy atom. The maximum Gasteiger partial charge on any atom is 0.286 e. The molecule has 0 radical (unpaired) electrons. The first-order valence-corrected chi connectivity index (χ1v) is 11.8. The van der Waals surface area contributed by atoms with Gasteiger partial charge in [-0.3, -0.25) is 4.79 Å². The van der Waals surface area contributed by atoms with Gasteiger partial charge in [0.25, 0.3) is 5.91 Å². The molecule has 2 aliphatic rings. The lowest BCUT2D eigenvalue weighted by molar-refractivity contribution is -0.166. The smallest absolute Gasteiger partial charge is 0.286 e. The van der Waals surface area contributed by atoms with E-state index in [0.29, 0.717) is 26.2 Å². The van der Waals surface area contributed by atoms with Crippen LogP contribution in [-0.4, -0.2) is 50.8 Å². The molecule has 2 N–H and O–H groups in total. The molecule has 1 aliphatic heterocycles. The van der Waals surface area contributed by atoms with Gasteiger partial charge in [0.2, 0.25) is 6.29 Å². The summed E-state index contributed by atoms with van der Waals surface area (Å²) in [4.78, 5) is 12.9. The van der Waals surface area contributed by atoms with Gasteiger partial charge in [-0.25, -0.2) is 0 Å². The van der Waals surface area contributed by atoms with Gasteiger partial charge in [-0.1, -0.05) is 42.5 Å². The number of benzene rings is 2. The number of ether oxygens (including phenoxy) is 3. The quantitative estimate of drug-likeness (QED) is 0.459. The average molecular weight is 452 g/mol. The van der Waals surface area contributed by atoms with Crippen LogP contribution in [0.3, 0.4) is 0 Å². The van der Waals surface area contributed by atoms with Crippen molar-refractivity contribution in [1.29, 1.82) is 0 Å². The zero-order valence-corrected chi connectivity index (χ0v) is 19.4. The number of hydrogen-bond acceptors (Lipinski definition) is 5. The summed E-state index contributed by atoms with van der Waals surface area (Å²) in [7, 11) is 1.60. The number of methoxy groups -OCH3 is 1. The number of aliphatic hydroxyl groups is 1. The summed E-state index contributed by atoms with van der Waals surface area (Å²) in [5.41, 5.74) is 6.34. The number of allylic oxidation sites excluding steroid dienone is 1. The van der Waals surface area contributed by atoms with Crippen LogP contribution in [0.5, 0.6) is 0 Å². The Balaban J connectivity index is 1.74. The Morgan fingerprint density at radius 3 is 2.79 bits per heavy atom. The number of nitrogens with one attached hydrogen (secondary N) is 1. The molecule has 2 aromatic carbocycles. The van der Waals surface area contributed by atoms with E-state index in [1.54, 1.807) is 7.11 Å². The second-order valence-electron chi connectivity index (χ2n) is 8.48. The summed E-state index contributed by atoms with van der Waals surface area (Å²) in [5.74, 6) is -0.0572. The normalized spacial score (nSPS) is 21.1. The minimum Gasteiger partial charge on any atom is -0.459 e. The van der Waals surface area contributed by atoms with Crippen LogP contribution in [0.1, 0.15) is 42.4 Å². The van der Waals surface area contributed by atoms with Crippen LogP contribution in [0.2, 0.25) is 0 Å². The van der Waals surface area contributed by atoms with Crippen molar-refractivity contribution < 1.29 is 24.1 Å². The minimum absolute atomic E-state index is 0.0113. The Labute approximate surface area is 195 Å².